The minimum absolute atomic E-state index is 0. The van der Waals surface area contributed by atoms with Crippen molar-refractivity contribution in [3.8, 4) is 0 Å². The molecule has 17 heavy (non-hydrogen) atoms. The maximum absolute atomic E-state index is 10.8. The smallest absolute Gasteiger partial charge is 0.545 e. The van der Waals surface area contributed by atoms with Crippen LogP contribution in [0.4, 0.5) is 0 Å². The second-order valence-electron chi connectivity index (χ2n) is 3.23. The molecule has 1 rings (SSSR count). The molecule has 0 fully saturated rings. The van der Waals surface area contributed by atoms with Crippen LogP contribution in [0.2, 0.25) is 0 Å². The van der Waals surface area contributed by atoms with Crippen molar-refractivity contribution in [1.29, 1.82) is 0 Å². The topological polar surface area (TPSA) is 93.2 Å². The van der Waals surface area contributed by atoms with E-state index in [9.17, 15) is 19.8 Å². The standard InChI is InChI=1S/C10H11NO4.2K/c1-4-7(9(12)13)5(2)11-6(3)8(4)10(14)15;;/h1-3H3,(H,12,13)(H,14,15);;/q;2*+1/p-2. The Bertz CT molecular complexity index is 422. The third-order valence-electron chi connectivity index (χ3n) is 2.22. The average Bonchev–Trinajstić information content (AvgIpc) is 1.99. The molecule has 0 aliphatic carbocycles. The summed E-state index contributed by atoms with van der Waals surface area (Å²) in [7, 11) is 0. The van der Waals surface area contributed by atoms with Gasteiger partial charge in [-0.3, -0.25) is 4.98 Å². The van der Waals surface area contributed by atoms with Crippen molar-refractivity contribution in [1.82, 2.24) is 4.98 Å². The van der Waals surface area contributed by atoms with E-state index in [1.54, 1.807) is 0 Å². The molecule has 5 nitrogen and oxygen atoms in total. The summed E-state index contributed by atoms with van der Waals surface area (Å²) in [5.74, 6) is -2.86. The van der Waals surface area contributed by atoms with Crippen LogP contribution in [0.5, 0.6) is 0 Å². The maximum Gasteiger partial charge on any atom is 1.00 e. The molecule has 7 heteroatoms. The molecule has 0 aliphatic rings. The molecule has 0 spiro atoms. The predicted molar refractivity (Wildman–Crippen MR) is 47.1 cm³/mol. The Morgan fingerprint density at radius 3 is 1.41 bits per heavy atom. The molecule has 0 aliphatic heterocycles. The molecule has 0 radical (unpaired) electrons. The summed E-state index contributed by atoms with van der Waals surface area (Å²) < 4.78 is 0. The van der Waals surface area contributed by atoms with Crippen molar-refractivity contribution in [3.63, 3.8) is 0 Å². The molecule has 0 N–H and O–H groups in total. The van der Waals surface area contributed by atoms with E-state index >= 15 is 0 Å². The van der Waals surface area contributed by atoms with Crippen LogP contribution < -0.4 is 113 Å². The number of nitrogens with zero attached hydrogens (tertiary/aromatic N) is 1. The number of aromatic nitrogens is 1. The van der Waals surface area contributed by atoms with Gasteiger partial charge in [-0.2, -0.15) is 0 Å². The van der Waals surface area contributed by atoms with E-state index in [0.29, 0.717) is 0 Å². The summed E-state index contributed by atoms with van der Waals surface area (Å²) in [6.45, 7) is 4.38. The minimum atomic E-state index is -1.43. The molecule has 80 valence electrons. The van der Waals surface area contributed by atoms with Crippen LogP contribution in [0.1, 0.15) is 37.7 Å². The fourth-order valence-corrected chi connectivity index (χ4v) is 1.63. The fourth-order valence-electron chi connectivity index (χ4n) is 1.63. The number of carboxylic acid groups (broad SMARTS) is 2. The molecular formula is C10H9K2NO4. The zero-order valence-electron chi connectivity index (χ0n) is 10.6. The van der Waals surface area contributed by atoms with Gasteiger partial charge in [0.25, 0.3) is 0 Å². The zero-order chi connectivity index (χ0) is 11.7. The van der Waals surface area contributed by atoms with Gasteiger partial charge in [0.1, 0.15) is 0 Å². The van der Waals surface area contributed by atoms with Gasteiger partial charge in [0, 0.05) is 22.5 Å². The molecule has 0 saturated carbocycles. The van der Waals surface area contributed by atoms with Gasteiger partial charge in [-0.25, -0.2) is 0 Å². The number of rotatable bonds is 2. The quantitative estimate of drug-likeness (QED) is 0.503. The second kappa shape index (κ2) is 8.52. The van der Waals surface area contributed by atoms with Gasteiger partial charge in [0.2, 0.25) is 0 Å². The van der Waals surface area contributed by atoms with Gasteiger partial charge in [0.05, 0.1) is 11.9 Å². The normalized spacial score (nSPS) is 8.88. The van der Waals surface area contributed by atoms with Crippen molar-refractivity contribution in [2.45, 2.75) is 20.8 Å². The van der Waals surface area contributed by atoms with Crippen molar-refractivity contribution < 1.29 is 123 Å². The summed E-state index contributed by atoms with van der Waals surface area (Å²) in [5.41, 5.74) is 0.254. The van der Waals surface area contributed by atoms with Crippen LogP contribution >= 0.6 is 0 Å². The van der Waals surface area contributed by atoms with Crippen LogP contribution in [0.25, 0.3) is 0 Å². The summed E-state index contributed by atoms with van der Waals surface area (Å²) in [5, 5.41) is 21.5. The van der Waals surface area contributed by atoms with E-state index in [4.69, 9.17) is 0 Å². The van der Waals surface area contributed by atoms with Gasteiger partial charge >= 0.3 is 103 Å². The maximum atomic E-state index is 10.8. The van der Waals surface area contributed by atoms with E-state index in [-0.39, 0.29) is 131 Å². The number of carbonyl (C=O) groups is 2. The number of pyridine rings is 1. The summed E-state index contributed by atoms with van der Waals surface area (Å²) in [6, 6.07) is 0. The van der Waals surface area contributed by atoms with E-state index in [0.717, 1.165) is 0 Å². The van der Waals surface area contributed by atoms with Crippen LogP contribution in [-0.4, -0.2) is 16.9 Å². The SMILES string of the molecule is Cc1nc(C)c(C(=O)[O-])c(C)c1C(=O)[O-].[K+].[K+]. The molecule has 1 aromatic rings. The molecule has 1 aromatic heterocycles. The summed E-state index contributed by atoms with van der Waals surface area (Å²) >= 11 is 0. The van der Waals surface area contributed by atoms with Crippen LogP contribution in [-0.2, 0) is 0 Å². The van der Waals surface area contributed by atoms with Crippen molar-refractivity contribution in [3.05, 3.63) is 28.1 Å². The van der Waals surface area contributed by atoms with E-state index in [2.05, 4.69) is 4.98 Å². The first-order valence-corrected chi connectivity index (χ1v) is 4.26. The van der Waals surface area contributed by atoms with E-state index in [1.165, 1.54) is 20.8 Å². The summed E-state index contributed by atoms with van der Waals surface area (Å²) in [4.78, 5) is 25.4. The Labute approximate surface area is 184 Å². The van der Waals surface area contributed by atoms with Crippen molar-refractivity contribution in [2.75, 3.05) is 0 Å². The first kappa shape index (κ1) is 20.7. The number of carboxylic acids is 2. The van der Waals surface area contributed by atoms with Crippen molar-refractivity contribution in [2.24, 2.45) is 0 Å². The molecular weight excluding hydrogens is 276 g/mol. The molecule has 0 aromatic carbocycles. The van der Waals surface area contributed by atoms with Crippen LogP contribution in [0.15, 0.2) is 0 Å². The Hall–Kier alpha value is 1.36. The average molecular weight is 285 g/mol. The Morgan fingerprint density at radius 2 is 1.18 bits per heavy atom. The van der Waals surface area contributed by atoms with E-state index in [1.807, 2.05) is 0 Å². The zero-order valence-corrected chi connectivity index (χ0v) is 16.8. The second-order valence-corrected chi connectivity index (χ2v) is 3.23. The third-order valence-corrected chi connectivity index (χ3v) is 2.22. The van der Waals surface area contributed by atoms with Gasteiger partial charge in [0.15, 0.2) is 0 Å². The molecule has 0 unspecified atom stereocenters. The first-order chi connectivity index (χ1) is 6.86. The minimum Gasteiger partial charge on any atom is -0.545 e. The van der Waals surface area contributed by atoms with Crippen molar-refractivity contribution >= 4 is 11.9 Å². The summed E-state index contributed by atoms with van der Waals surface area (Å²) in [6.07, 6.45) is 0. The van der Waals surface area contributed by atoms with Crippen LogP contribution in [0, 0.1) is 20.8 Å². The number of hydrogen-bond donors (Lipinski definition) is 0. The fraction of sp³-hybridized carbons (Fsp3) is 0.300. The van der Waals surface area contributed by atoms with E-state index < -0.39 is 11.9 Å². The molecule has 0 bridgehead atoms. The number of aromatic carboxylic acids is 2. The largest absolute Gasteiger partial charge is 1.00 e. The monoisotopic (exact) mass is 285 g/mol. The number of hydrogen-bond acceptors (Lipinski definition) is 5. The van der Waals surface area contributed by atoms with Gasteiger partial charge in [-0.15, -0.1) is 0 Å². The van der Waals surface area contributed by atoms with Gasteiger partial charge < -0.3 is 19.8 Å². The third kappa shape index (κ3) is 4.75. The molecule has 0 amide bonds. The first-order valence-electron chi connectivity index (χ1n) is 4.26. The number of aryl methyl sites for hydroxylation is 2. The number of carbonyl (C=O) groups excluding carboxylic acids is 2. The molecule has 1 heterocycles. The molecule has 0 atom stereocenters. The van der Waals surface area contributed by atoms with Gasteiger partial charge in [-0.1, -0.05) is 0 Å². The Kier molecular flexibility index (Phi) is 10.4. The Balaban J connectivity index is 0. The predicted octanol–water partition coefficient (Wildman–Crippen LogP) is -7.26. The van der Waals surface area contributed by atoms with Gasteiger partial charge in [-0.05, 0) is 26.3 Å². The molecule has 0 saturated heterocycles. The van der Waals surface area contributed by atoms with Crippen LogP contribution in [0.3, 0.4) is 0 Å². The Morgan fingerprint density at radius 1 is 0.882 bits per heavy atom.